The van der Waals surface area contributed by atoms with E-state index in [4.69, 9.17) is 0 Å². The number of nitriles is 1. The van der Waals surface area contributed by atoms with Crippen molar-refractivity contribution in [3.05, 3.63) is 0 Å². The van der Waals surface area contributed by atoms with Gasteiger partial charge in [-0.2, -0.15) is 5.26 Å². The highest BCUT2D eigenvalue weighted by molar-refractivity contribution is 5.85. The molecule has 0 heterocycles. The molecule has 2 atom stereocenters. The molecule has 4 nitrogen and oxygen atoms in total. The van der Waals surface area contributed by atoms with Crippen molar-refractivity contribution in [2.45, 2.75) is 64.4 Å². The highest BCUT2D eigenvalue weighted by atomic mass is 16.3. The molecule has 0 aromatic heterocycles. The monoisotopic (exact) mass is 264 g/mol. The van der Waals surface area contributed by atoms with Crippen LogP contribution in [0, 0.1) is 22.2 Å². The fourth-order valence-electron chi connectivity index (χ4n) is 3.41. The zero-order valence-corrected chi connectivity index (χ0v) is 11.7. The van der Waals surface area contributed by atoms with Gasteiger partial charge in [0.05, 0.1) is 12.2 Å². The van der Waals surface area contributed by atoms with Gasteiger partial charge in [-0.1, -0.05) is 32.6 Å². The van der Waals surface area contributed by atoms with Gasteiger partial charge >= 0.3 is 0 Å². The summed E-state index contributed by atoms with van der Waals surface area (Å²) in [5, 5.41) is 22.3. The lowest BCUT2D eigenvalue weighted by Crippen LogP contribution is -2.48. The molecule has 0 spiro atoms. The number of carbonyl (C=O) groups excluding carboxylic acids is 1. The zero-order chi connectivity index (χ0) is 13.9. The molecule has 4 heteroatoms. The van der Waals surface area contributed by atoms with Crippen LogP contribution in [0.4, 0.5) is 0 Å². The molecule has 0 bridgehead atoms. The third kappa shape index (κ3) is 2.76. The third-order valence-corrected chi connectivity index (χ3v) is 5.04. The zero-order valence-electron chi connectivity index (χ0n) is 11.7. The van der Waals surface area contributed by atoms with E-state index in [1.807, 2.05) is 6.92 Å². The van der Waals surface area contributed by atoms with Crippen LogP contribution in [0.15, 0.2) is 0 Å². The van der Waals surface area contributed by atoms with Gasteiger partial charge in [0.1, 0.15) is 5.41 Å². The first-order chi connectivity index (χ1) is 9.02. The van der Waals surface area contributed by atoms with E-state index < -0.39 is 5.41 Å². The minimum absolute atomic E-state index is 0.133. The van der Waals surface area contributed by atoms with Gasteiger partial charge in [0, 0.05) is 12.0 Å². The normalized spacial score (nSPS) is 33.6. The van der Waals surface area contributed by atoms with Crippen LogP contribution in [0.1, 0.15) is 58.3 Å². The fourth-order valence-corrected chi connectivity index (χ4v) is 3.41. The van der Waals surface area contributed by atoms with Crippen LogP contribution < -0.4 is 5.32 Å². The second-order valence-corrected chi connectivity index (χ2v) is 6.50. The van der Waals surface area contributed by atoms with Crippen molar-refractivity contribution in [1.82, 2.24) is 5.32 Å². The Balaban J connectivity index is 1.94. The molecule has 2 rings (SSSR count). The van der Waals surface area contributed by atoms with Crippen LogP contribution in [0.2, 0.25) is 0 Å². The van der Waals surface area contributed by atoms with E-state index >= 15 is 0 Å². The summed E-state index contributed by atoms with van der Waals surface area (Å²) in [4.78, 5) is 12.3. The summed E-state index contributed by atoms with van der Waals surface area (Å²) in [5.41, 5.74) is -1.04. The SMILES string of the molecule is C[C@]1(CNC(=O)C2(C#N)CCCC2)CCCC[C@H]1O. The molecule has 2 fully saturated rings. The second kappa shape index (κ2) is 5.50. The molecular formula is C15H24N2O2. The van der Waals surface area contributed by atoms with E-state index in [-0.39, 0.29) is 17.4 Å². The lowest BCUT2D eigenvalue weighted by molar-refractivity contribution is -0.129. The molecule has 0 aliphatic heterocycles. The minimum Gasteiger partial charge on any atom is -0.392 e. The maximum absolute atomic E-state index is 12.3. The van der Waals surface area contributed by atoms with Crippen molar-refractivity contribution in [1.29, 1.82) is 5.26 Å². The number of hydrogen-bond donors (Lipinski definition) is 2. The van der Waals surface area contributed by atoms with Gasteiger partial charge in [0.25, 0.3) is 0 Å². The van der Waals surface area contributed by atoms with Crippen molar-refractivity contribution in [2.24, 2.45) is 10.8 Å². The second-order valence-electron chi connectivity index (χ2n) is 6.50. The highest BCUT2D eigenvalue weighted by Crippen LogP contribution is 2.39. The average molecular weight is 264 g/mol. The van der Waals surface area contributed by atoms with Crippen molar-refractivity contribution in [3.63, 3.8) is 0 Å². The Morgan fingerprint density at radius 1 is 1.32 bits per heavy atom. The Labute approximate surface area is 115 Å². The number of nitrogens with one attached hydrogen (secondary N) is 1. The van der Waals surface area contributed by atoms with Gasteiger partial charge in [0.15, 0.2) is 0 Å². The summed E-state index contributed by atoms with van der Waals surface area (Å²) < 4.78 is 0. The van der Waals surface area contributed by atoms with Crippen LogP contribution in [0.25, 0.3) is 0 Å². The Morgan fingerprint density at radius 3 is 2.53 bits per heavy atom. The predicted octanol–water partition coefficient (Wildman–Crippen LogP) is 2.13. The van der Waals surface area contributed by atoms with Gasteiger partial charge in [-0.3, -0.25) is 4.79 Å². The number of carbonyl (C=O) groups is 1. The number of hydrogen-bond acceptors (Lipinski definition) is 3. The van der Waals surface area contributed by atoms with Crippen LogP contribution in [-0.4, -0.2) is 23.7 Å². The molecule has 106 valence electrons. The minimum atomic E-state index is -0.810. The largest absolute Gasteiger partial charge is 0.392 e. The number of rotatable bonds is 3. The fraction of sp³-hybridized carbons (Fsp3) is 0.867. The number of nitrogens with zero attached hydrogens (tertiary/aromatic N) is 1. The van der Waals surface area contributed by atoms with Gasteiger partial charge in [0.2, 0.25) is 5.91 Å². The molecule has 1 amide bonds. The van der Waals surface area contributed by atoms with Gasteiger partial charge in [-0.25, -0.2) is 0 Å². The molecule has 0 radical (unpaired) electrons. The molecule has 0 unspecified atom stereocenters. The Morgan fingerprint density at radius 2 is 1.95 bits per heavy atom. The van der Waals surface area contributed by atoms with E-state index in [2.05, 4.69) is 11.4 Å². The number of amides is 1. The predicted molar refractivity (Wildman–Crippen MR) is 72.1 cm³/mol. The molecular weight excluding hydrogens is 240 g/mol. The van der Waals surface area contributed by atoms with Crippen molar-refractivity contribution >= 4 is 5.91 Å². The summed E-state index contributed by atoms with van der Waals surface area (Å²) in [6, 6.07) is 2.21. The number of aliphatic hydroxyl groups is 1. The molecule has 2 N–H and O–H groups in total. The first-order valence-corrected chi connectivity index (χ1v) is 7.40. The molecule has 0 aromatic carbocycles. The van der Waals surface area contributed by atoms with Crippen molar-refractivity contribution in [3.8, 4) is 6.07 Å². The Kier molecular flexibility index (Phi) is 4.15. The average Bonchev–Trinajstić information content (AvgIpc) is 2.90. The van der Waals surface area contributed by atoms with Crippen LogP contribution in [0.3, 0.4) is 0 Å². The Bertz CT molecular complexity index is 382. The molecule has 2 aliphatic rings. The molecule has 0 aromatic rings. The molecule has 19 heavy (non-hydrogen) atoms. The summed E-state index contributed by atoms with van der Waals surface area (Å²) in [6.45, 7) is 2.52. The molecule has 0 saturated heterocycles. The van der Waals surface area contributed by atoms with E-state index in [0.29, 0.717) is 19.4 Å². The summed E-state index contributed by atoms with van der Waals surface area (Å²) in [7, 11) is 0. The lowest BCUT2D eigenvalue weighted by atomic mass is 9.73. The van der Waals surface area contributed by atoms with E-state index in [1.165, 1.54) is 0 Å². The Hall–Kier alpha value is -1.08. The van der Waals surface area contributed by atoms with Gasteiger partial charge in [-0.15, -0.1) is 0 Å². The van der Waals surface area contributed by atoms with Crippen molar-refractivity contribution < 1.29 is 9.90 Å². The van der Waals surface area contributed by atoms with E-state index in [9.17, 15) is 15.2 Å². The van der Waals surface area contributed by atoms with Gasteiger partial charge in [-0.05, 0) is 25.7 Å². The third-order valence-electron chi connectivity index (χ3n) is 5.04. The van der Waals surface area contributed by atoms with Crippen LogP contribution in [-0.2, 0) is 4.79 Å². The summed E-state index contributed by atoms with van der Waals surface area (Å²) in [6.07, 6.45) is 6.84. The highest BCUT2D eigenvalue weighted by Gasteiger charge is 2.43. The maximum Gasteiger partial charge on any atom is 0.240 e. The first-order valence-electron chi connectivity index (χ1n) is 7.40. The van der Waals surface area contributed by atoms with Crippen LogP contribution >= 0.6 is 0 Å². The smallest absolute Gasteiger partial charge is 0.240 e. The molecule has 2 aliphatic carbocycles. The standard InChI is InChI=1S/C15H24N2O2/c1-14(7-3-2-6-12(14)18)11-17-13(19)15(10-16)8-4-5-9-15/h12,18H,2-9,11H2,1H3,(H,17,19)/t12-,14-/m1/s1. The van der Waals surface area contributed by atoms with E-state index in [1.54, 1.807) is 0 Å². The van der Waals surface area contributed by atoms with Gasteiger partial charge < -0.3 is 10.4 Å². The number of aliphatic hydroxyl groups excluding tert-OH is 1. The quantitative estimate of drug-likeness (QED) is 0.820. The van der Waals surface area contributed by atoms with E-state index in [0.717, 1.165) is 38.5 Å². The summed E-state index contributed by atoms with van der Waals surface area (Å²) in [5.74, 6) is -0.133. The van der Waals surface area contributed by atoms with Crippen LogP contribution in [0.5, 0.6) is 0 Å². The van der Waals surface area contributed by atoms with Crippen molar-refractivity contribution in [2.75, 3.05) is 6.54 Å². The maximum atomic E-state index is 12.3. The lowest BCUT2D eigenvalue weighted by Gasteiger charge is -2.39. The summed E-state index contributed by atoms with van der Waals surface area (Å²) >= 11 is 0. The first kappa shape index (κ1) is 14.3. The molecule has 2 saturated carbocycles. The topological polar surface area (TPSA) is 73.1 Å².